The molecule has 2 aromatic rings. The van der Waals surface area contributed by atoms with E-state index in [0.717, 1.165) is 0 Å². The van der Waals surface area contributed by atoms with E-state index in [1.165, 1.54) is 66.9 Å². The van der Waals surface area contributed by atoms with Gasteiger partial charge in [-0.05, 0) is 124 Å². The average Bonchev–Trinajstić information content (AvgIpc) is 3.84. The molecule has 1 aliphatic heterocycles. The average molecular weight is 1070 g/mol. The number of carboxylic acids is 1. The summed E-state index contributed by atoms with van der Waals surface area (Å²) in [6, 6.07) is 1.46. The first-order valence-corrected chi connectivity index (χ1v) is 26.9. The van der Waals surface area contributed by atoms with Crippen molar-refractivity contribution >= 4 is 65.0 Å². The second kappa shape index (κ2) is 31.4. The van der Waals surface area contributed by atoms with E-state index in [4.69, 9.17) is 5.73 Å². The molecule has 1 aliphatic rings. The van der Waals surface area contributed by atoms with Gasteiger partial charge >= 0.3 is 5.97 Å². The quantitative estimate of drug-likeness (QED) is 0.0463. The minimum absolute atomic E-state index is 0.0165. The van der Waals surface area contributed by atoms with Gasteiger partial charge in [0.15, 0.2) is 0 Å². The normalized spacial score (nSPS) is 16.5. The number of nitrogens with one attached hydrogen (secondary N) is 7. The van der Waals surface area contributed by atoms with Crippen molar-refractivity contribution < 1.29 is 63.6 Å². The minimum Gasteiger partial charge on any atom is -0.508 e. The van der Waals surface area contributed by atoms with Crippen LogP contribution in [0.4, 0.5) is 0 Å². The highest BCUT2D eigenvalue weighted by Gasteiger charge is 2.41. The summed E-state index contributed by atoms with van der Waals surface area (Å²) in [6.45, 7) is 10.3. The van der Waals surface area contributed by atoms with E-state index in [1.54, 1.807) is 26.0 Å². The van der Waals surface area contributed by atoms with Gasteiger partial charge in [0.2, 0.25) is 47.3 Å². The van der Waals surface area contributed by atoms with Crippen molar-refractivity contribution in [1.29, 1.82) is 0 Å². The lowest BCUT2D eigenvalue weighted by Crippen LogP contribution is -2.62. The Labute approximate surface area is 443 Å². The Hall–Kier alpha value is -6.46. The molecular weight excluding hydrogens is 991 g/mol. The number of aliphatic hydroxyl groups is 1. The fraction of sp³-hybridized carbons (Fsp3) is 0.596. The topological polar surface area (TPSA) is 348 Å². The van der Waals surface area contributed by atoms with Crippen molar-refractivity contribution in [2.24, 2.45) is 17.6 Å². The summed E-state index contributed by atoms with van der Waals surface area (Å²) in [4.78, 5) is 124. The zero-order chi connectivity index (χ0) is 55.9. The molecule has 0 aliphatic carbocycles. The molecule has 13 N–H and O–H groups in total. The monoisotopic (exact) mass is 1070 g/mol. The number of amides is 8. The van der Waals surface area contributed by atoms with Crippen LogP contribution < -0.4 is 43.0 Å². The first-order valence-electron chi connectivity index (χ1n) is 25.5. The first-order chi connectivity index (χ1) is 35.4. The smallest absolute Gasteiger partial charge is 0.326 e. The number of hydrogen-bond donors (Lipinski definition) is 12. The maximum atomic E-state index is 14.7. The van der Waals surface area contributed by atoms with Gasteiger partial charge in [-0.3, -0.25) is 38.4 Å². The number of carbonyl (C=O) groups excluding carboxylic acids is 8. The summed E-state index contributed by atoms with van der Waals surface area (Å²) in [7, 11) is 0. The van der Waals surface area contributed by atoms with Crippen molar-refractivity contribution in [2.75, 3.05) is 25.1 Å². The number of unbranched alkanes of at least 4 members (excludes halogenated alkanes) is 1. The Bertz CT molecular complexity index is 2230. The summed E-state index contributed by atoms with van der Waals surface area (Å²) in [5, 5.41) is 59.3. The lowest BCUT2D eigenvalue weighted by molar-refractivity contribution is -0.143. The number of carbonyl (C=O) groups is 9. The number of carboxylic acid groups (broad SMARTS) is 1. The van der Waals surface area contributed by atoms with Crippen LogP contribution in [0.5, 0.6) is 11.5 Å². The van der Waals surface area contributed by atoms with E-state index >= 15 is 0 Å². The third-order valence-corrected chi connectivity index (χ3v) is 13.1. The van der Waals surface area contributed by atoms with Crippen molar-refractivity contribution in [3.05, 3.63) is 59.7 Å². The number of likely N-dealkylation sites (tertiary alicyclic amines) is 1. The fourth-order valence-corrected chi connectivity index (χ4v) is 9.03. The van der Waals surface area contributed by atoms with Crippen LogP contribution in [0.15, 0.2) is 48.5 Å². The molecule has 416 valence electrons. The number of aliphatic hydroxyl groups excluding tert-OH is 1. The van der Waals surface area contributed by atoms with Gasteiger partial charge in [-0.25, -0.2) is 4.79 Å². The fourth-order valence-electron chi connectivity index (χ4n) is 8.56. The van der Waals surface area contributed by atoms with Crippen molar-refractivity contribution in [2.45, 2.75) is 160 Å². The molecule has 1 heterocycles. The Morgan fingerprint density at radius 1 is 0.627 bits per heavy atom. The predicted octanol–water partition coefficient (Wildman–Crippen LogP) is 0.727. The van der Waals surface area contributed by atoms with E-state index in [2.05, 4.69) is 37.2 Å². The third kappa shape index (κ3) is 21.4. The molecule has 0 radical (unpaired) electrons. The van der Waals surface area contributed by atoms with E-state index in [9.17, 15) is 63.6 Å². The van der Waals surface area contributed by atoms with Gasteiger partial charge in [0, 0.05) is 26.3 Å². The largest absolute Gasteiger partial charge is 0.508 e. The minimum atomic E-state index is -1.70. The molecular formula is C52H79N9O13S. The first kappa shape index (κ1) is 62.8. The van der Waals surface area contributed by atoms with Crippen LogP contribution in [0.3, 0.4) is 0 Å². The number of nitrogens with two attached hydrogens (primary N) is 1. The highest BCUT2D eigenvalue weighted by molar-refractivity contribution is 7.98. The standard InChI is InChI=1S/C52H79N9O13S/c1-29(2)25-39(54-32(6)63)46(67)55-37(21-24-75-7)45(66)59-42(28-34-15-19-36(65)20-16-34)51(72)61-23-10-12-43(61)49(70)60-44(31(5)62)50(71)58-41(27-33-13-17-35(64)18-14-33)48(69)57-40(26-30(3)4)47(68)56-38(52(73)74)11-8-9-22-53/h13-20,29-31,37-44,62,64-65H,8-12,21-28,53H2,1-7H3,(H,54,63)(H,55,67)(H,56,68)(H,57,69)(H,58,71)(H,59,66)(H,60,70)(H,73,74)/t31-,37+,38+,39+,40+,41+,42+,43+,44+/m1/s1. The molecule has 0 aromatic heterocycles. The lowest BCUT2D eigenvalue weighted by atomic mass is 10.00. The molecule has 0 bridgehead atoms. The number of nitrogens with zero attached hydrogens (tertiary/aromatic N) is 1. The van der Waals surface area contributed by atoms with Crippen LogP contribution in [0.2, 0.25) is 0 Å². The van der Waals surface area contributed by atoms with E-state index in [0.29, 0.717) is 49.1 Å². The SMILES string of the molecule is CSCC[C@H](NC(=O)[C@H](CC(C)C)NC(C)=O)C(=O)N[C@@H](Cc1ccc(O)cc1)C(=O)N1CCC[C@H]1C(=O)N[C@H](C(=O)N[C@@H](Cc1ccc(O)cc1)C(=O)N[C@@H](CC(C)C)C(=O)N[C@@H](CCCCN)C(=O)O)[C@@H](C)O. The molecule has 0 spiro atoms. The van der Waals surface area contributed by atoms with Crippen LogP contribution in [0.1, 0.15) is 104 Å². The van der Waals surface area contributed by atoms with Crippen LogP contribution >= 0.6 is 11.8 Å². The van der Waals surface area contributed by atoms with Crippen molar-refractivity contribution in [1.82, 2.24) is 42.1 Å². The van der Waals surface area contributed by atoms with Gasteiger partial charge in [-0.1, -0.05) is 52.0 Å². The van der Waals surface area contributed by atoms with Gasteiger partial charge < -0.3 is 68.3 Å². The maximum Gasteiger partial charge on any atom is 0.326 e. The Kier molecular flexibility index (Phi) is 26.3. The number of benzene rings is 2. The second-order valence-electron chi connectivity index (χ2n) is 19.9. The molecule has 1 saturated heterocycles. The molecule has 22 nitrogen and oxygen atoms in total. The molecule has 75 heavy (non-hydrogen) atoms. The molecule has 0 saturated carbocycles. The highest BCUT2D eigenvalue weighted by Crippen LogP contribution is 2.22. The lowest BCUT2D eigenvalue weighted by Gasteiger charge is -2.32. The molecule has 23 heteroatoms. The number of aromatic hydroxyl groups is 2. The van der Waals surface area contributed by atoms with Crippen LogP contribution in [-0.4, -0.2) is 158 Å². The zero-order valence-electron chi connectivity index (χ0n) is 44.1. The van der Waals surface area contributed by atoms with Gasteiger partial charge in [-0.15, -0.1) is 0 Å². The Morgan fingerprint density at radius 2 is 1.09 bits per heavy atom. The molecule has 8 amide bonds. The number of aliphatic carboxylic acids is 1. The van der Waals surface area contributed by atoms with E-state index in [1.807, 2.05) is 20.1 Å². The van der Waals surface area contributed by atoms with E-state index in [-0.39, 0.29) is 68.4 Å². The zero-order valence-corrected chi connectivity index (χ0v) is 44.9. The molecule has 2 aromatic carbocycles. The van der Waals surface area contributed by atoms with Crippen molar-refractivity contribution in [3.63, 3.8) is 0 Å². The number of phenols is 2. The number of rotatable bonds is 31. The number of hydrogen-bond acceptors (Lipinski definition) is 14. The van der Waals surface area contributed by atoms with Crippen LogP contribution in [0.25, 0.3) is 0 Å². The summed E-state index contributed by atoms with van der Waals surface area (Å²) < 4.78 is 0. The maximum absolute atomic E-state index is 14.7. The second-order valence-corrected chi connectivity index (χ2v) is 20.9. The van der Waals surface area contributed by atoms with E-state index < -0.39 is 108 Å². The van der Waals surface area contributed by atoms with Crippen LogP contribution in [0, 0.1) is 11.8 Å². The number of thioether (sulfide) groups is 1. The molecule has 9 atom stereocenters. The summed E-state index contributed by atoms with van der Waals surface area (Å²) in [5.41, 5.74) is 6.57. The summed E-state index contributed by atoms with van der Waals surface area (Å²) in [5.74, 6) is -6.92. The van der Waals surface area contributed by atoms with Crippen molar-refractivity contribution in [3.8, 4) is 11.5 Å². The number of phenolic OH excluding ortho intramolecular Hbond substituents is 2. The molecule has 0 unspecified atom stereocenters. The van der Waals surface area contributed by atoms with Gasteiger partial charge in [0.05, 0.1) is 6.10 Å². The Morgan fingerprint density at radius 3 is 1.59 bits per heavy atom. The molecule has 1 fully saturated rings. The van der Waals surface area contributed by atoms with Gasteiger partial charge in [0.25, 0.3) is 0 Å². The molecule has 3 rings (SSSR count). The summed E-state index contributed by atoms with van der Waals surface area (Å²) >= 11 is 1.43. The third-order valence-electron chi connectivity index (χ3n) is 12.4. The van der Waals surface area contributed by atoms with Crippen LogP contribution in [-0.2, 0) is 56.0 Å². The highest BCUT2D eigenvalue weighted by atomic mass is 32.2. The Balaban J connectivity index is 1.92. The predicted molar refractivity (Wildman–Crippen MR) is 282 cm³/mol. The van der Waals surface area contributed by atoms with Gasteiger partial charge in [0.1, 0.15) is 59.8 Å². The van der Waals surface area contributed by atoms with Gasteiger partial charge in [-0.2, -0.15) is 11.8 Å². The summed E-state index contributed by atoms with van der Waals surface area (Å²) in [6.07, 6.45) is 2.03.